The van der Waals surface area contributed by atoms with Crippen LogP contribution in [0, 0.1) is 0 Å². The maximum atomic E-state index is 9.22. The van der Waals surface area contributed by atoms with Crippen molar-refractivity contribution in [1.82, 2.24) is 9.55 Å². The Bertz CT molecular complexity index is 248. The molecule has 0 bridgehead atoms. The summed E-state index contributed by atoms with van der Waals surface area (Å²) in [5.41, 5.74) is 0. The third-order valence-corrected chi connectivity index (χ3v) is 1.89. The van der Waals surface area contributed by atoms with Gasteiger partial charge >= 0.3 is 0 Å². The van der Waals surface area contributed by atoms with Crippen LogP contribution in [0.2, 0.25) is 0 Å². The van der Waals surface area contributed by atoms with Gasteiger partial charge in [0.15, 0.2) is 0 Å². The molecule has 0 fully saturated rings. The van der Waals surface area contributed by atoms with Gasteiger partial charge in [-0.25, -0.2) is 4.98 Å². The predicted molar refractivity (Wildman–Crippen MR) is 49.3 cm³/mol. The molecular formula is C9H16N2O2. The first-order valence-electron chi connectivity index (χ1n) is 4.56. The van der Waals surface area contributed by atoms with E-state index in [4.69, 9.17) is 5.11 Å². The highest BCUT2D eigenvalue weighted by molar-refractivity contribution is 4.92. The second-order valence-corrected chi connectivity index (χ2v) is 3.08. The summed E-state index contributed by atoms with van der Waals surface area (Å²) in [7, 11) is 0. The zero-order valence-corrected chi connectivity index (χ0v) is 7.85. The number of aromatic nitrogens is 2. The molecule has 1 unspecified atom stereocenters. The fourth-order valence-electron chi connectivity index (χ4n) is 1.24. The average molecular weight is 184 g/mol. The second kappa shape index (κ2) is 4.99. The molecule has 0 radical (unpaired) electrons. The number of nitrogens with zero attached hydrogens (tertiary/aromatic N) is 2. The molecule has 0 spiro atoms. The Labute approximate surface area is 77.8 Å². The number of hydrogen-bond acceptors (Lipinski definition) is 3. The van der Waals surface area contributed by atoms with E-state index in [0.717, 1.165) is 18.7 Å². The molecule has 0 aliphatic rings. The smallest absolute Gasteiger partial charge is 0.108 e. The fourth-order valence-corrected chi connectivity index (χ4v) is 1.24. The normalized spacial score (nSPS) is 13.2. The van der Waals surface area contributed by atoms with Crippen molar-refractivity contribution in [2.24, 2.45) is 0 Å². The van der Waals surface area contributed by atoms with E-state index in [1.54, 1.807) is 6.20 Å². The van der Waals surface area contributed by atoms with Crippen molar-refractivity contribution in [3.8, 4) is 0 Å². The van der Waals surface area contributed by atoms with Gasteiger partial charge in [-0.3, -0.25) is 0 Å². The van der Waals surface area contributed by atoms with Crippen LogP contribution in [0.25, 0.3) is 0 Å². The van der Waals surface area contributed by atoms with Crippen LogP contribution >= 0.6 is 0 Å². The zero-order chi connectivity index (χ0) is 9.68. The SMILES string of the molecule is CCCc1nccn1CC(O)CO. The Kier molecular flexibility index (Phi) is 3.92. The van der Waals surface area contributed by atoms with Gasteiger partial charge in [0, 0.05) is 18.8 Å². The Balaban J connectivity index is 2.59. The standard InChI is InChI=1S/C9H16N2O2/c1-2-3-9-10-4-5-11(9)6-8(13)7-12/h4-5,8,12-13H,2-3,6-7H2,1H3. The van der Waals surface area contributed by atoms with Crippen LogP contribution in [0.15, 0.2) is 12.4 Å². The van der Waals surface area contributed by atoms with Crippen molar-refractivity contribution in [3.63, 3.8) is 0 Å². The lowest BCUT2D eigenvalue weighted by atomic mass is 10.3. The average Bonchev–Trinajstić information content (AvgIpc) is 2.54. The molecule has 0 saturated carbocycles. The van der Waals surface area contributed by atoms with E-state index in [2.05, 4.69) is 11.9 Å². The number of aryl methyl sites for hydroxylation is 1. The van der Waals surface area contributed by atoms with Gasteiger partial charge in [0.05, 0.1) is 19.3 Å². The van der Waals surface area contributed by atoms with E-state index < -0.39 is 6.10 Å². The van der Waals surface area contributed by atoms with E-state index >= 15 is 0 Å². The van der Waals surface area contributed by atoms with Gasteiger partial charge in [-0.05, 0) is 6.42 Å². The number of imidazole rings is 1. The Morgan fingerprint density at radius 3 is 3.00 bits per heavy atom. The summed E-state index contributed by atoms with van der Waals surface area (Å²) in [6.45, 7) is 2.30. The minimum absolute atomic E-state index is 0.205. The molecule has 13 heavy (non-hydrogen) atoms. The Morgan fingerprint density at radius 2 is 2.38 bits per heavy atom. The molecule has 0 aliphatic heterocycles. The molecule has 1 heterocycles. The van der Waals surface area contributed by atoms with E-state index in [1.165, 1.54) is 0 Å². The largest absolute Gasteiger partial charge is 0.394 e. The Hall–Kier alpha value is -0.870. The fraction of sp³-hybridized carbons (Fsp3) is 0.667. The van der Waals surface area contributed by atoms with Gasteiger partial charge in [-0.2, -0.15) is 0 Å². The van der Waals surface area contributed by atoms with E-state index in [-0.39, 0.29) is 6.61 Å². The molecule has 0 aromatic carbocycles. The molecule has 2 N–H and O–H groups in total. The lowest BCUT2D eigenvalue weighted by molar-refractivity contribution is 0.0805. The summed E-state index contributed by atoms with van der Waals surface area (Å²) in [5.74, 6) is 0.968. The lowest BCUT2D eigenvalue weighted by Gasteiger charge is -2.10. The van der Waals surface area contributed by atoms with Crippen molar-refractivity contribution in [2.45, 2.75) is 32.4 Å². The number of aliphatic hydroxyl groups is 2. The van der Waals surface area contributed by atoms with Crippen molar-refractivity contribution in [3.05, 3.63) is 18.2 Å². The van der Waals surface area contributed by atoms with Crippen LogP contribution in [0.5, 0.6) is 0 Å². The molecule has 74 valence electrons. The first-order valence-corrected chi connectivity index (χ1v) is 4.56. The van der Waals surface area contributed by atoms with Crippen LogP contribution in [0.1, 0.15) is 19.2 Å². The highest BCUT2D eigenvalue weighted by Crippen LogP contribution is 2.02. The zero-order valence-electron chi connectivity index (χ0n) is 7.85. The van der Waals surface area contributed by atoms with Crippen LogP contribution < -0.4 is 0 Å². The molecule has 0 amide bonds. The monoisotopic (exact) mass is 184 g/mol. The van der Waals surface area contributed by atoms with Crippen molar-refractivity contribution in [2.75, 3.05) is 6.61 Å². The predicted octanol–water partition coefficient (Wildman–Crippen LogP) is 0.189. The summed E-state index contributed by atoms with van der Waals surface area (Å²) in [4.78, 5) is 4.16. The van der Waals surface area contributed by atoms with Crippen LogP contribution in [0.4, 0.5) is 0 Å². The topological polar surface area (TPSA) is 58.3 Å². The molecule has 0 saturated heterocycles. The third kappa shape index (κ3) is 2.82. The van der Waals surface area contributed by atoms with Gasteiger partial charge in [-0.1, -0.05) is 6.92 Å². The van der Waals surface area contributed by atoms with Crippen molar-refractivity contribution < 1.29 is 10.2 Å². The minimum atomic E-state index is -0.690. The summed E-state index contributed by atoms with van der Waals surface area (Å²) in [5, 5.41) is 17.9. The summed E-state index contributed by atoms with van der Waals surface area (Å²) < 4.78 is 1.88. The van der Waals surface area contributed by atoms with Crippen LogP contribution in [0.3, 0.4) is 0 Å². The first-order chi connectivity index (χ1) is 6.27. The van der Waals surface area contributed by atoms with E-state index in [9.17, 15) is 5.11 Å². The minimum Gasteiger partial charge on any atom is -0.394 e. The summed E-state index contributed by atoms with van der Waals surface area (Å²) in [6.07, 6.45) is 4.79. The van der Waals surface area contributed by atoms with Crippen molar-refractivity contribution >= 4 is 0 Å². The molecular weight excluding hydrogens is 168 g/mol. The maximum Gasteiger partial charge on any atom is 0.108 e. The van der Waals surface area contributed by atoms with Gasteiger partial charge in [0.25, 0.3) is 0 Å². The molecule has 4 heteroatoms. The quantitative estimate of drug-likeness (QED) is 0.686. The molecule has 0 aliphatic carbocycles. The highest BCUT2D eigenvalue weighted by Gasteiger charge is 2.06. The molecule has 1 aromatic rings. The van der Waals surface area contributed by atoms with Gasteiger partial charge in [0.1, 0.15) is 5.82 Å². The van der Waals surface area contributed by atoms with Gasteiger partial charge in [-0.15, -0.1) is 0 Å². The Morgan fingerprint density at radius 1 is 1.62 bits per heavy atom. The maximum absolute atomic E-state index is 9.22. The summed E-state index contributed by atoms with van der Waals surface area (Å²) in [6, 6.07) is 0. The molecule has 4 nitrogen and oxygen atoms in total. The number of aliphatic hydroxyl groups excluding tert-OH is 2. The van der Waals surface area contributed by atoms with Crippen LogP contribution in [-0.4, -0.2) is 32.5 Å². The third-order valence-electron chi connectivity index (χ3n) is 1.89. The van der Waals surface area contributed by atoms with Gasteiger partial charge < -0.3 is 14.8 Å². The van der Waals surface area contributed by atoms with Crippen LogP contribution in [-0.2, 0) is 13.0 Å². The summed E-state index contributed by atoms with van der Waals surface area (Å²) >= 11 is 0. The second-order valence-electron chi connectivity index (χ2n) is 3.08. The van der Waals surface area contributed by atoms with E-state index in [0.29, 0.717) is 6.54 Å². The molecule has 1 rings (SSSR count). The lowest BCUT2D eigenvalue weighted by Crippen LogP contribution is -2.20. The number of hydrogen-bond donors (Lipinski definition) is 2. The van der Waals surface area contributed by atoms with Gasteiger partial charge in [0.2, 0.25) is 0 Å². The highest BCUT2D eigenvalue weighted by atomic mass is 16.3. The first kappa shape index (κ1) is 10.2. The van der Waals surface area contributed by atoms with Crippen molar-refractivity contribution in [1.29, 1.82) is 0 Å². The van der Waals surface area contributed by atoms with E-state index in [1.807, 2.05) is 10.8 Å². The molecule has 1 atom stereocenters. The number of rotatable bonds is 5. The molecule has 1 aromatic heterocycles.